The zero-order valence-electron chi connectivity index (χ0n) is 16.4. The average molecular weight is 453 g/mol. The van der Waals surface area contributed by atoms with Gasteiger partial charge in [0.05, 0.1) is 29.5 Å². The fourth-order valence-corrected chi connectivity index (χ4v) is 4.42. The van der Waals surface area contributed by atoms with E-state index in [1.54, 1.807) is 12.1 Å². The maximum atomic E-state index is 12.1. The van der Waals surface area contributed by atoms with Crippen LogP contribution in [-0.2, 0) is 26.4 Å². The molecule has 0 saturated heterocycles. The second-order valence-electron chi connectivity index (χ2n) is 6.39. The van der Waals surface area contributed by atoms with Gasteiger partial charge in [0.2, 0.25) is 10.0 Å². The van der Waals surface area contributed by atoms with E-state index in [9.17, 15) is 16.8 Å². The van der Waals surface area contributed by atoms with Crippen LogP contribution < -0.4 is 19.9 Å². The van der Waals surface area contributed by atoms with Crippen LogP contribution in [0.3, 0.4) is 0 Å². The number of sulfonamides is 1. The summed E-state index contributed by atoms with van der Waals surface area (Å²) in [5.41, 5.74) is 0.808. The van der Waals surface area contributed by atoms with Crippen LogP contribution in [0.25, 0.3) is 10.9 Å². The first-order valence-corrected chi connectivity index (χ1v) is 11.9. The molecule has 3 aromatic rings. The molecule has 0 spiro atoms. The van der Waals surface area contributed by atoms with Gasteiger partial charge in [-0.15, -0.1) is 0 Å². The molecule has 30 heavy (non-hydrogen) atoms. The van der Waals surface area contributed by atoms with E-state index in [-0.39, 0.29) is 21.9 Å². The number of fused-ring (bicyclic) bond motifs is 1. The van der Waals surface area contributed by atoms with Crippen LogP contribution in [0, 0.1) is 0 Å². The van der Waals surface area contributed by atoms with Crippen molar-refractivity contribution in [1.82, 2.24) is 9.97 Å². The van der Waals surface area contributed by atoms with Gasteiger partial charge in [0.1, 0.15) is 12.1 Å². The summed E-state index contributed by atoms with van der Waals surface area (Å²) in [5.74, 6) is 1.37. The summed E-state index contributed by atoms with van der Waals surface area (Å²) in [6, 6.07) is 6.98. The van der Waals surface area contributed by atoms with Gasteiger partial charge in [-0.1, -0.05) is 0 Å². The van der Waals surface area contributed by atoms with Crippen molar-refractivity contribution in [1.29, 1.82) is 0 Å². The molecule has 0 aliphatic rings. The molecule has 1 aromatic heterocycles. The lowest BCUT2D eigenvalue weighted by Crippen LogP contribution is -2.15. The summed E-state index contributed by atoms with van der Waals surface area (Å²) in [6.07, 6.45) is 2.38. The van der Waals surface area contributed by atoms with Gasteiger partial charge < -0.3 is 14.8 Å². The first-order chi connectivity index (χ1) is 14.0. The monoisotopic (exact) mass is 452 g/mol. The highest BCUT2D eigenvalue weighted by Crippen LogP contribution is 2.33. The summed E-state index contributed by atoms with van der Waals surface area (Å²) in [5, 5.41) is 8.83. The van der Waals surface area contributed by atoms with E-state index < -0.39 is 19.9 Å². The SMILES string of the molecule is COc1cc2ncnc(NCc3cc(S(N)(=O)=O)ccc3S(C)(=O)=O)c2cc1OC. The minimum Gasteiger partial charge on any atom is -0.493 e. The fourth-order valence-electron chi connectivity index (χ4n) is 2.94. The third kappa shape index (κ3) is 4.45. The van der Waals surface area contributed by atoms with Crippen molar-refractivity contribution in [3.8, 4) is 11.5 Å². The summed E-state index contributed by atoms with van der Waals surface area (Å²) in [6.45, 7) is -0.0216. The molecule has 10 nitrogen and oxygen atoms in total. The van der Waals surface area contributed by atoms with E-state index in [1.165, 1.54) is 32.7 Å². The first-order valence-electron chi connectivity index (χ1n) is 8.51. The van der Waals surface area contributed by atoms with E-state index in [2.05, 4.69) is 15.3 Å². The number of anilines is 1. The Hall–Kier alpha value is -2.96. The predicted octanol–water partition coefficient (Wildman–Crippen LogP) is 1.31. The minimum absolute atomic E-state index is 0.0139. The molecule has 0 aliphatic heterocycles. The van der Waals surface area contributed by atoms with Crippen LogP contribution in [0.15, 0.2) is 46.5 Å². The Labute approximate surface area is 174 Å². The van der Waals surface area contributed by atoms with E-state index in [0.29, 0.717) is 28.2 Å². The van der Waals surface area contributed by atoms with Crippen LogP contribution in [0.5, 0.6) is 11.5 Å². The molecular formula is C18H20N4O6S2. The molecule has 0 atom stereocenters. The van der Waals surface area contributed by atoms with Crippen LogP contribution >= 0.6 is 0 Å². The van der Waals surface area contributed by atoms with Crippen LogP contribution in [0.1, 0.15) is 5.56 Å². The summed E-state index contributed by atoms with van der Waals surface area (Å²) in [4.78, 5) is 8.21. The Morgan fingerprint density at radius 2 is 1.67 bits per heavy atom. The zero-order valence-corrected chi connectivity index (χ0v) is 18.0. The largest absolute Gasteiger partial charge is 0.493 e. The van der Waals surface area contributed by atoms with Crippen molar-refractivity contribution in [2.24, 2.45) is 5.14 Å². The molecular weight excluding hydrogens is 432 g/mol. The van der Waals surface area contributed by atoms with E-state index in [0.717, 1.165) is 12.3 Å². The lowest BCUT2D eigenvalue weighted by atomic mass is 10.2. The van der Waals surface area contributed by atoms with Gasteiger partial charge in [-0.3, -0.25) is 0 Å². The van der Waals surface area contributed by atoms with E-state index in [4.69, 9.17) is 14.6 Å². The van der Waals surface area contributed by atoms with Gasteiger partial charge in [-0.2, -0.15) is 0 Å². The van der Waals surface area contributed by atoms with Gasteiger partial charge in [0.25, 0.3) is 0 Å². The highest BCUT2D eigenvalue weighted by molar-refractivity contribution is 7.90. The molecule has 0 unspecified atom stereocenters. The summed E-state index contributed by atoms with van der Waals surface area (Å²) < 4.78 is 58.2. The number of nitrogens with one attached hydrogen (secondary N) is 1. The molecule has 3 N–H and O–H groups in total. The standard InChI is InChI=1S/C18H20N4O6S2/c1-27-15-7-13-14(8-16(15)28-2)21-10-22-18(13)20-9-11-6-12(30(19,25)26)4-5-17(11)29(3,23)24/h4-8,10H,9H2,1-3H3,(H2,19,25,26)(H,20,21,22). The normalized spacial score (nSPS) is 12.0. The van der Waals surface area contributed by atoms with Gasteiger partial charge in [0, 0.05) is 24.3 Å². The van der Waals surface area contributed by atoms with Crippen molar-refractivity contribution in [3.05, 3.63) is 42.2 Å². The maximum Gasteiger partial charge on any atom is 0.238 e. The summed E-state index contributed by atoms with van der Waals surface area (Å²) >= 11 is 0. The molecule has 160 valence electrons. The first kappa shape index (κ1) is 21.7. The molecule has 1 heterocycles. The smallest absolute Gasteiger partial charge is 0.238 e. The van der Waals surface area contributed by atoms with E-state index >= 15 is 0 Å². The van der Waals surface area contributed by atoms with Crippen molar-refractivity contribution >= 4 is 36.6 Å². The predicted molar refractivity (Wildman–Crippen MR) is 111 cm³/mol. The molecule has 0 radical (unpaired) electrons. The van der Waals surface area contributed by atoms with Gasteiger partial charge in [0.15, 0.2) is 21.3 Å². The molecule has 2 aromatic carbocycles. The molecule has 0 aliphatic carbocycles. The number of methoxy groups -OCH3 is 2. The van der Waals surface area contributed by atoms with Crippen molar-refractivity contribution in [3.63, 3.8) is 0 Å². The Morgan fingerprint density at radius 3 is 2.27 bits per heavy atom. The number of primary sulfonamides is 1. The number of ether oxygens (including phenoxy) is 2. The second-order valence-corrected chi connectivity index (χ2v) is 9.93. The Kier molecular flexibility index (Phi) is 5.83. The molecule has 0 fully saturated rings. The number of nitrogens with zero attached hydrogens (tertiary/aromatic N) is 2. The molecule has 0 amide bonds. The van der Waals surface area contributed by atoms with Gasteiger partial charge in [-0.05, 0) is 29.8 Å². The Balaban J connectivity index is 2.06. The van der Waals surface area contributed by atoms with Crippen LogP contribution in [0.2, 0.25) is 0 Å². The Bertz CT molecular complexity index is 1320. The highest BCUT2D eigenvalue weighted by Gasteiger charge is 2.18. The Morgan fingerprint density at radius 1 is 1.00 bits per heavy atom. The number of sulfone groups is 1. The average Bonchev–Trinajstić information content (AvgIpc) is 2.69. The van der Waals surface area contributed by atoms with Crippen molar-refractivity contribution < 1.29 is 26.3 Å². The number of hydrogen-bond donors (Lipinski definition) is 2. The number of nitrogens with two attached hydrogens (primary N) is 1. The van der Waals surface area contributed by atoms with Crippen LogP contribution in [0.4, 0.5) is 5.82 Å². The lowest BCUT2D eigenvalue weighted by molar-refractivity contribution is 0.356. The van der Waals surface area contributed by atoms with Crippen molar-refractivity contribution in [2.75, 3.05) is 25.8 Å². The number of benzene rings is 2. The van der Waals surface area contributed by atoms with Crippen molar-refractivity contribution in [2.45, 2.75) is 16.3 Å². The van der Waals surface area contributed by atoms with Gasteiger partial charge >= 0.3 is 0 Å². The van der Waals surface area contributed by atoms with E-state index in [1.807, 2.05) is 0 Å². The zero-order chi connectivity index (χ0) is 22.1. The second kappa shape index (κ2) is 8.05. The maximum absolute atomic E-state index is 12.1. The quantitative estimate of drug-likeness (QED) is 0.540. The topological polar surface area (TPSA) is 151 Å². The molecule has 0 bridgehead atoms. The highest BCUT2D eigenvalue weighted by atomic mass is 32.2. The fraction of sp³-hybridized carbons (Fsp3) is 0.222. The number of aromatic nitrogens is 2. The third-order valence-corrected chi connectivity index (χ3v) is 6.46. The number of rotatable bonds is 7. The molecule has 0 saturated carbocycles. The molecule has 12 heteroatoms. The van der Waals surface area contributed by atoms with Gasteiger partial charge in [-0.25, -0.2) is 31.9 Å². The van der Waals surface area contributed by atoms with Crippen LogP contribution in [-0.4, -0.2) is 47.3 Å². The third-order valence-electron chi connectivity index (χ3n) is 4.35. The lowest BCUT2D eigenvalue weighted by Gasteiger charge is -2.14. The number of hydrogen-bond acceptors (Lipinski definition) is 9. The molecule has 3 rings (SSSR count). The summed E-state index contributed by atoms with van der Waals surface area (Å²) in [7, 11) is -4.60. The minimum atomic E-state index is -4.00.